The summed E-state index contributed by atoms with van der Waals surface area (Å²) in [6.07, 6.45) is 7.09. The summed E-state index contributed by atoms with van der Waals surface area (Å²) < 4.78 is 6.35. The van der Waals surface area contributed by atoms with Crippen LogP contribution in [0.3, 0.4) is 0 Å². The van der Waals surface area contributed by atoms with Crippen molar-refractivity contribution in [3.63, 3.8) is 0 Å². The van der Waals surface area contributed by atoms with E-state index in [0.29, 0.717) is 24.1 Å². The number of amides is 3. The van der Waals surface area contributed by atoms with Gasteiger partial charge in [0.05, 0.1) is 5.54 Å². The first-order valence-electron chi connectivity index (χ1n) is 13.8. The predicted octanol–water partition coefficient (Wildman–Crippen LogP) is 2.56. The average Bonchev–Trinajstić information content (AvgIpc) is 3.59. The lowest BCUT2D eigenvalue weighted by atomic mass is 9.85. The molecule has 0 bridgehead atoms. The number of hydrogen-bond donors (Lipinski definition) is 2. The maximum absolute atomic E-state index is 13.5. The number of fused-ring (bicyclic) bond motifs is 2. The van der Waals surface area contributed by atoms with Crippen molar-refractivity contribution in [1.82, 2.24) is 20.4 Å². The van der Waals surface area contributed by atoms with Crippen LogP contribution in [0.15, 0.2) is 18.2 Å². The van der Waals surface area contributed by atoms with Gasteiger partial charge in [-0.25, -0.2) is 0 Å². The first kappa shape index (κ1) is 23.9. The zero-order chi connectivity index (χ0) is 25.0. The summed E-state index contributed by atoms with van der Waals surface area (Å²) in [6, 6.07) is 6.39. The number of nitrogens with one attached hydrogen (secondary N) is 2. The highest BCUT2D eigenvalue weighted by molar-refractivity contribution is 6.06. The Bertz CT molecular complexity index is 1060. The molecule has 2 aliphatic carbocycles. The fourth-order valence-electron chi connectivity index (χ4n) is 6.87. The second-order valence-electron chi connectivity index (χ2n) is 11.7. The Morgan fingerprint density at radius 1 is 1.11 bits per heavy atom. The fraction of sp³-hybridized carbons (Fsp3) is 0.679. The molecule has 1 spiro atoms. The average molecular weight is 495 g/mol. The molecular weight excluding hydrogens is 456 g/mol. The van der Waals surface area contributed by atoms with Crippen LogP contribution in [-0.2, 0) is 15.1 Å². The lowest BCUT2D eigenvalue weighted by molar-refractivity contribution is -0.137. The molecule has 1 aromatic carbocycles. The van der Waals surface area contributed by atoms with E-state index in [-0.39, 0.29) is 35.8 Å². The highest BCUT2D eigenvalue weighted by atomic mass is 16.5. The van der Waals surface area contributed by atoms with Gasteiger partial charge in [-0.3, -0.25) is 24.6 Å². The van der Waals surface area contributed by atoms with Crippen molar-refractivity contribution in [2.24, 2.45) is 5.92 Å². The topological polar surface area (TPSA) is 91.0 Å². The van der Waals surface area contributed by atoms with E-state index < -0.39 is 6.04 Å². The minimum atomic E-state index is -0.580. The molecule has 6 rings (SSSR count). The number of benzene rings is 1. The van der Waals surface area contributed by atoms with Crippen molar-refractivity contribution in [1.29, 1.82) is 0 Å². The van der Waals surface area contributed by atoms with Crippen LogP contribution in [0, 0.1) is 5.92 Å². The van der Waals surface area contributed by atoms with Crippen molar-refractivity contribution in [3.05, 3.63) is 29.3 Å². The highest BCUT2D eigenvalue weighted by Crippen LogP contribution is 2.58. The number of carbonyl (C=O) groups excluding carboxylic acids is 3. The summed E-state index contributed by atoms with van der Waals surface area (Å²) in [5, 5.41) is 5.88. The third kappa shape index (κ3) is 4.12. The van der Waals surface area contributed by atoms with Crippen molar-refractivity contribution in [2.45, 2.75) is 95.0 Å². The summed E-state index contributed by atoms with van der Waals surface area (Å²) in [7, 11) is 0. The highest BCUT2D eigenvalue weighted by Gasteiger charge is 2.61. The number of ether oxygens (including phenoxy) is 1. The van der Waals surface area contributed by atoms with E-state index in [0.717, 1.165) is 56.0 Å². The van der Waals surface area contributed by atoms with Gasteiger partial charge in [0.2, 0.25) is 11.8 Å². The first-order valence-corrected chi connectivity index (χ1v) is 13.8. The van der Waals surface area contributed by atoms with Gasteiger partial charge in [0.25, 0.3) is 5.91 Å². The van der Waals surface area contributed by atoms with Gasteiger partial charge in [-0.15, -0.1) is 0 Å². The zero-order valence-electron chi connectivity index (χ0n) is 21.4. The molecule has 2 saturated heterocycles. The van der Waals surface area contributed by atoms with Crippen LogP contribution in [0.2, 0.25) is 0 Å². The maximum Gasteiger partial charge on any atom is 0.255 e. The van der Waals surface area contributed by atoms with Crippen LogP contribution in [0.4, 0.5) is 0 Å². The minimum absolute atomic E-state index is 0.109. The molecule has 1 aromatic rings. The molecule has 3 heterocycles. The molecule has 5 aliphatic rings. The summed E-state index contributed by atoms with van der Waals surface area (Å²) in [4.78, 5) is 42.1. The van der Waals surface area contributed by atoms with Gasteiger partial charge in [0, 0.05) is 43.5 Å². The van der Waals surface area contributed by atoms with Gasteiger partial charge in [-0.2, -0.15) is 0 Å². The zero-order valence-corrected chi connectivity index (χ0v) is 21.4. The van der Waals surface area contributed by atoms with Gasteiger partial charge in [0.15, 0.2) is 0 Å². The quantitative estimate of drug-likeness (QED) is 0.567. The van der Waals surface area contributed by atoms with E-state index in [9.17, 15) is 14.4 Å². The molecule has 4 fully saturated rings. The van der Waals surface area contributed by atoms with Gasteiger partial charge in [-0.05, 0) is 82.7 Å². The van der Waals surface area contributed by atoms with E-state index in [1.54, 1.807) is 4.90 Å². The molecule has 0 radical (unpaired) electrons. The van der Waals surface area contributed by atoms with Gasteiger partial charge >= 0.3 is 0 Å². The molecular formula is C28H38N4O4. The van der Waals surface area contributed by atoms with Crippen molar-refractivity contribution >= 4 is 17.7 Å². The van der Waals surface area contributed by atoms with Crippen LogP contribution in [-0.4, -0.2) is 71.4 Å². The summed E-state index contributed by atoms with van der Waals surface area (Å²) >= 11 is 0. The van der Waals surface area contributed by atoms with Crippen molar-refractivity contribution < 1.29 is 19.1 Å². The van der Waals surface area contributed by atoms with E-state index in [1.165, 1.54) is 19.4 Å². The summed E-state index contributed by atoms with van der Waals surface area (Å²) in [5.74, 6) is 0.794. The molecule has 3 amide bonds. The second kappa shape index (κ2) is 9.14. The van der Waals surface area contributed by atoms with Gasteiger partial charge < -0.3 is 15.0 Å². The molecule has 1 atom stereocenters. The molecule has 1 unspecified atom stereocenters. The lowest BCUT2D eigenvalue weighted by Gasteiger charge is -2.46. The number of rotatable bonds is 7. The molecule has 3 aliphatic heterocycles. The van der Waals surface area contributed by atoms with Crippen molar-refractivity contribution in [2.75, 3.05) is 19.6 Å². The predicted molar refractivity (Wildman–Crippen MR) is 135 cm³/mol. The van der Waals surface area contributed by atoms with Gasteiger partial charge in [0.1, 0.15) is 17.9 Å². The molecule has 2 N–H and O–H groups in total. The Balaban J connectivity index is 1.11. The molecule has 194 valence electrons. The monoisotopic (exact) mass is 494 g/mol. The minimum Gasteiger partial charge on any atom is -0.490 e. The fourth-order valence-corrected chi connectivity index (χ4v) is 6.87. The Labute approximate surface area is 213 Å². The maximum atomic E-state index is 13.5. The molecule has 0 aromatic heterocycles. The Hall–Kier alpha value is -2.45. The van der Waals surface area contributed by atoms with Crippen LogP contribution in [0.5, 0.6) is 5.75 Å². The molecule has 8 nitrogen and oxygen atoms in total. The van der Waals surface area contributed by atoms with Crippen molar-refractivity contribution in [3.8, 4) is 5.75 Å². The Morgan fingerprint density at radius 3 is 2.53 bits per heavy atom. The third-order valence-electron chi connectivity index (χ3n) is 9.08. The van der Waals surface area contributed by atoms with Crippen LogP contribution >= 0.6 is 0 Å². The van der Waals surface area contributed by atoms with E-state index in [2.05, 4.69) is 29.4 Å². The van der Waals surface area contributed by atoms with E-state index in [4.69, 9.17) is 4.74 Å². The standard InChI is InChI=1S/C28H38N4O4/c1-17(2)31(16-18-7-11-29-12-8-18)19-13-21(14-19)36-20-3-4-23-22(15-20)27(35)32(28(23)9-10-28)24-5-6-25(33)30-26(24)34/h3-4,15,17-19,21,24,29H,5-14,16H2,1-2H3,(H,30,33,34). The largest absolute Gasteiger partial charge is 0.490 e. The number of piperidine rings is 2. The molecule has 2 saturated carbocycles. The summed E-state index contributed by atoms with van der Waals surface area (Å²) in [6.45, 7) is 8.02. The summed E-state index contributed by atoms with van der Waals surface area (Å²) in [5.41, 5.74) is 1.27. The number of imide groups is 1. The smallest absolute Gasteiger partial charge is 0.255 e. The number of nitrogens with zero attached hydrogens (tertiary/aromatic N) is 2. The molecule has 8 heteroatoms. The second-order valence-corrected chi connectivity index (χ2v) is 11.7. The SMILES string of the molecule is CC(C)N(CC1CCNCC1)C1CC(Oc2ccc3c(c2)C(=O)N(C2CCC(=O)NC2=O)C32CC2)C1. The normalized spacial score (nSPS) is 29.5. The van der Waals surface area contributed by atoms with Crippen LogP contribution in [0.1, 0.15) is 81.1 Å². The lowest BCUT2D eigenvalue weighted by Crippen LogP contribution is -2.55. The number of hydrogen-bond acceptors (Lipinski definition) is 6. The molecule has 36 heavy (non-hydrogen) atoms. The van der Waals surface area contributed by atoms with Crippen LogP contribution in [0.25, 0.3) is 0 Å². The third-order valence-corrected chi connectivity index (χ3v) is 9.08. The van der Waals surface area contributed by atoms with Gasteiger partial charge in [-0.1, -0.05) is 6.07 Å². The van der Waals surface area contributed by atoms with E-state index >= 15 is 0 Å². The Morgan fingerprint density at radius 2 is 1.86 bits per heavy atom. The van der Waals surface area contributed by atoms with E-state index in [1.807, 2.05) is 18.2 Å². The van der Waals surface area contributed by atoms with Crippen LogP contribution < -0.4 is 15.4 Å². The Kier molecular flexibility index (Phi) is 6.07. The number of carbonyl (C=O) groups is 3. The first-order chi connectivity index (χ1) is 17.4.